The summed E-state index contributed by atoms with van der Waals surface area (Å²) < 4.78 is 17.8. The average molecular weight is 238 g/mol. The molecular weight excluding hydrogens is 219 g/mol. The number of carbonyl (C=O) groups excluding carboxylic acids is 1. The molecule has 0 saturated heterocycles. The van der Waals surface area contributed by atoms with Gasteiger partial charge in [-0.3, -0.25) is 4.79 Å². The maximum Gasteiger partial charge on any atom is 0.306 e. The molecule has 1 aromatic rings. The molecule has 17 heavy (non-hydrogen) atoms. The normalized spacial score (nSPS) is 12.5. The number of hydrogen-bond donors (Lipinski definition) is 0. The molecule has 1 rings (SSSR count). The Balaban J connectivity index is 2.46. The van der Waals surface area contributed by atoms with Gasteiger partial charge in [-0.05, 0) is 29.5 Å². The van der Waals surface area contributed by atoms with Crippen molar-refractivity contribution in [3.05, 3.63) is 35.6 Å². The molecule has 0 amide bonds. The zero-order valence-electron chi connectivity index (χ0n) is 10.6. The maximum absolute atomic E-state index is 12.7. The fourth-order valence-electron chi connectivity index (χ4n) is 1.48. The van der Waals surface area contributed by atoms with E-state index in [1.807, 2.05) is 20.8 Å². The summed E-state index contributed by atoms with van der Waals surface area (Å²) in [4.78, 5) is 11.5. The van der Waals surface area contributed by atoms with Crippen molar-refractivity contribution >= 4 is 5.97 Å². The van der Waals surface area contributed by atoms with Crippen LogP contribution >= 0.6 is 0 Å². The van der Waals surface area contributed by atoms with E-state index in [0.717, 1.165) is 5.56 Å². The van der Waals surface area contributed by atoms with Crippen LogP contribution in [0.2, 0.25) is 0 Å². The molecule has 94 valence electrons. The van der Waals surface area contributed by atoms with Gasteiger partial charge in [0.1, 0.15) is 5.82 Å². The van der Waals surface area contributed by atoms with E-state index in [9.17, 15) is 9.18 Å². The largest absolute Gasteiger partial charge is 0.465 e. The summed E-state index contributed by atoms with van der Waals surface area (Å²) in [6.45, 7) is 6.38. The molecule has 1 unspecified atom stereocenters. The van der Waals surface area contributed by atoms with Gasteiger partial charge in [0.2, 0.25) is 0 Å². The molecule has 0 aromatic heterocycles. The van der Waals surface area contributed by atoms with Crippen LogP contribution in [0, 0.1) is 11.7 Å². The molecule has 0 aliphatic rings. The molecule has 1 aromatic carbocycles. The van der Waals surface area contributed by atoms with Crippen molar-refractivity contribution in [3.63, 3.8) is 0 Å². The highest BCUT2D eigenvalue weighted by Gasteiger charge is 2.12. The van der Waals surface area contributed by atoms with Crippen LogP contribution in [0.25, 0.3) is 0 Å². The number of benzene rings is 1. The second-order valence-corrected chi connectivity index (χ2v) is 4.73. The highest BCUT2D eigenvalue weighted by Crippen LogP contribution is 2.19. The van der Waals surface area contributed by atoms with Gasteiger partial charge in [0.25, 0.3) is 0 Å². The Morgan fingerprint density at radius 1 is 1.24 bits per heavy atom. The van der Waals surface area contributed by atoms with E-state index in [4.69, 9.17) is 4.74 Å². The first kappa shape index (κ1) is 13.7. The van der Waals surface area contributed by atoms with E-state index in [1.165, 1.54) is 12.1 Å². The predicted molar refractivity (Wildman–Crippen MR) is 65.2 cm³/mol. The summed E-state index contributed by atoms with van der Waals surface area (Å²) in [6, 6.07) is 6.22. The summed E-state index contributed by atoms with van der Waals surface area (Å²) in [6.07, 6.45) is 0.332. The van der Waals surface area contributed by atoms with Crippen LogP contribution < -0.4 is 0 Å². The van der Waals surface area contributed by atoms with E-state index in [1.54, 1.807) is 12.1 Å². The van der Waals surface area contributed by atoms with Crippen molar-refractivity contribution in [3.8, 4) is 0 Å². The predicted octanol–water partition coefficient (Wildman–Crippen LogP) is 3.52. The number of ether oxygens (including phenoxy) is 1. The number of esters is 1. The SMILES string of the molecule is CC(C)COC(=O)CC(C)c1ccc(F)cc1. The first-order valence-electron chi connectivity index (χ1n) is 5.90. The lowest BCUT2D eigenvalue weighted by Gasteiger charge is -2.12. The summed E-state index contributed by atoms with van der Waals surface area (Å²) in [5.74, 6) is -0.0609. The third-order valence-electron chi connectivity index (χ3n) is 2.49. The molecule has 0 N–H and O–H groups in total. The lowest BCUT2D eigenvalue weighted by atomic mass is 9.98. The van der Waals surface area contributed by atoms with E-state index < -0.39 is 0 Å². The van der Waals surface area contributed by atoms with Crippen LogP contribution in [0.1, 0.15) is 38.7 Å². The quantitative estimate of drug-likeness (QED) is 0.734. The molecule has 0 bridgehead atoms. The Hall–Kier alpha value is -1.38. The number of halogens is 1. The zero-order chi connectivity index (χ0) is 12.8. The zero-order valence-corrected chi connectivity index (χ0v) is 10.6. The van der Waals surface area contributed by atoms with Crippen molar-refractivity contribution in [1.29, 1.82) is 0 Å². The Labute approximate surface area is 102 Å². The minimum atomic E-state index is -0.261. The molecule has 0 heterocycles. The van der Waals surface area contributed by atoms with Crippen LogP contribution in [0.5, 0.6) is 0 Å². The second-order valence-electron chi connectivity index (χ2n) is 4.73. The summed E-state index contributed by atoms with van der Waals surface area (Å²) in [5, 5.41) is 0. The first-order chi connectivity index (χ1) is 7.99. The van der Waals surface area contributed by atoms with Gasteiger partial charge in [-0.25, -0.2) is 4.39 Å². The Bertz CT molecular complexity index is 357. The van der Waals surface area contributed by atoms with Crippen molar-refractivity contribution in [2.75, 3.05) is 6.61 Å². The van der Waals surface area contributed by atoms with Crippen LogP contribution in [-0.4, -0.2) is 12.6 Å². The monoisotopic (exact) mass is 238 g/mol. The molecule has 0 aliphatic carbocycles. The Morgan fingerprint density at radius 2 is 1.82 bits per heavy atom. The molecule has 0 radical (unpaired) electrons. The number of carbonyl (C=O) groups is 1. The lowest BCUT2D eigenvalue weighted by Crippen LogP contribution is -2.12. The standard InChI is InChI=1S/C14H19FO2/c1-10(2)9-17-14(16)8-11(3)12-4-6-13(15)7-5-12/h4-7,10-11H,8-9H2,1-3H3. The van der Waals surface area contributed by atoms with E-state index in [0.29, 0.717) is 18.9 Å². The van der Waals surface area contributed by atoms with Gasteiger partial charge in [-0.15, -0.1) is 0 Å². The molecule has 0 saturated carbocycles. The summed E-state index contributed by atoms with van der Waals surface area (Å²) in [5.41, 5.74) is 0.952. The van der Waals surface area contributed by atoms with Crippen LogP contribution in [0.4, 0.5) is 4.39 Å². The molecule has 1 atom stereocenters. The van der Waals surface area contributed by atoms with Crippen molar-refractivity contribution in [2.45, 2.75) is 33.1 Å². The van der Waals surface area contributed by atoms with Crippen LogP contribution in [0.3, 0.4) is 0 Å². The highest BCUT2D eigenvalue weighted by molar-refractivity contribution is 5.70. The molecule has 2 nitrogen and oxygen atoms in total. The average Bonchev–Trinajstić information content (AvgIpc) is 2.27. The van der Waals surface area contributed by atoms with Gasteiger partial charge >= 0.3 is 5.97 Å². The maximum atomic E-state index is 12.7. The third kappa shape index (κ3) is 4.98. The molecule has 0 fully saturated rings. The summed E-state index contributed by atoms with van der Waals surface area (Å²) >= 11 is 0. The fraction of sp³-hybridized carbons (Fsp3) is 0.500. The highest BCUT2D eigenvalue weighted by atomic mass is 19.1. The molecule has 0 spiro atoms. The Kier molecular flexibility index (Phi) is 5.13. The van der Waals surface area contributed by atoms with E-state index in [-0.39, 0.29) is 17.7 Å². The number of hydrogen-bond acceptors (Lipinski definition) is 2. The van der Waals surface area contributed by atoms with E-state index in [2.05, 4.69) is 0 Å². The fourth-order valence-corrected chi connectivity index (χ4v) is 1.48. The minimum absolute atomic E-state index is 0.0512. The minimum Gasteiger partial charge on any atom is -0.465 e. The molecule has 3 heteroatoms. The van der Waals surface area contributed by atoms with Crippen molar-refractivity contribution in [1.82, 2.24) is 0 Å². The molecule has 0 aliphatic heterocycles. The van der Waals surface area contributed by atoms with Gasteiger partial charge in [-0.2, -0.15) is 0 Å². The van der Waals surface area contributed by atoms with Gasteiger partial charge in [0.15, 0.2) is 0 Å². The smallest absolute Gasteiger partial charge is 0.306 e. The third-order valence-corrected chi connectivity index (χ3v) is 2.49. The number of rotatable bonds is 5. The van der Waals surface area contributed by atoms with Gasteiger partial charge in [0, 0.05) is 0 Å². The van der Waals surface area contributed by atoms with Crippen LogP contribution in [0.15, 0.2) is 24.3 Å². The van der Waals surface area contributed by atoms with Crippen molar-refractivity contribution < 1.29 is 13.9 Å². The lowest BCUT2D eigenvalue weighted by molar-refractivity contribution is -0.145. The van der Waals surface area contributed by atoms with Gasteiger partial charge in [0.05, 0.1) is 13.0 Å². The topological polar surface area (TPSA) is 26.3 Å². The second kappa shape index (κ2) is 6.38. The summed E-state index contributed by atoms with van der Waals surface area (Å²) in [7, 11) is 0. The first-order valence-corrected chi connectivity index (χ1v) is 5.90. The van der Waals surface area contributed by atoms with Crippen LogP contribution in [-0.2, 0) is 9.53 Å². The van der Waals surface area contributed by atoms with E-state index >= 15 is 0 Å². The van der Waals surface area contributed by atoms with Gasteiger partial charge in [-0.1, -0.05) is 32.9 Å². The van der Waals surface area contributed by atoms with Gasteiger partial charge < -0.3 is 4.74 Å². The Morgan fingerprint density at radius 3 is 2.35 bits per heavy atom. The molecular formula is C14H19FO2. The van der Waals surface area contributed by atoms with Crippen molar-refractivity contribution in [2.24, 2.45) is 5.92 Å².